The molecule has 1 aromatic carbocycles. The predicted molar refractivity (Wildman–Crippen MR) is 112 cm³/mol. The fourth-order valence-electron chi connectivity index (χ4n) is 3.51. The van der Waals surface area contributed by atoms with Crippen LogP contribution in [0, 0.1) is 0 Å². The van der Waals surface area contributed by atoms with E-state index in [1.807, 2.05) is 18.2 Å². The van der Waals surface area contributed by atoms with Gasteiger partial charge in [-0.05, 0) is 51.8 Å². The average Bonchev–Trinajstić information content (AvgIpc) is 3.20. The molecule has 6 nitrogen and oxygen atoms in total. The van der Waals surface area contributed by atoms with Crippen LogP contribution in [0.15, 0.2) is 23.2 Å². The molecule has 0 saturated heterocycles. The first kappa shape index (κ1) is 24.1. The van der Waals surface area contributed by atoms with Crippen molar-refractivity contribution in [3.63, 3.8) is 0 Å². The lowest BCUT2D eigenvalue weighted by atomic mass is 10.1. The molecule has 0 amide bonds. The third kappa shape index (κ3) is 8.30. The van der Waals surface area contributed by atoms with Crippen molar-refractivity contribution in [2.45, 2.75) is 50.9 Å². The molecule has 0 aromatic heterocycles. The molecule has 0 spiro atoms. The fraction of sp³-hybridized carbons (Fsp3) is 0.667. The van der Waals surface area contributed by atoms with E-state index in [2.05, 4.69) is 15.6 Å². The SMILES string of the molecule is CN=C(NCCCN(C)CC(F)(F)F)NCc1cccc(OC)c1OC1CCCC1. The number of halogens is 3. The standard InChI is InChI=1S/C21H33F3N4O2/c1-25-20(26-12-7-13-28(2)15-21(22,23)24)27-14-16-8-6-11-18(29-3)19(16)30-17-9-4-5-10-17/h6,8,11,17H,4-5,7,9-10,12-15H2,1-3H3,(H2,25,26,27). The zero-order chi connectivity index (χ0) is 22.0. The molecule has 0 bridgehead atoms. The van der Waals surface area contributed by atoms with E-state index >= 15 is 0 Å². The first-order chi connectivity index (χ1) is 14.3. The summed E-state index contributed by atoms with van der Waals surface area (Å²) in [4.78, 5) is 5.45. The second kappa shape index (κ2) is 11.9. The van der Waals surface area contributed by atoms with Crippen molar-refractivity contribution < 1.29 is 22.6 Å². The molecule has 1 aliphatic rings. The van der Waals surface area contributed by atoms with Gasteiger partial charge in [-0.25, -0.2) is 0 Å². The number of rotatable bonds is 10. The maximum atomic E-state index is 12.4. The summed E-state index contributed by atoms with van der Waals surface area (Å²) in [6.07, 6.45) is 1.08. The van der Waals surface area contributed by atoms with Gasteiger partial charge >= 0.3 is 6.18 Å². The van der Waals surface area contributed by atoms with E-state index in [0.29, 0.717) is 37.8 Å². The zero-order valence-corrected chi connectivity index (χ0v) is 18.0. The Morgan fingerprint density at radius 3 is 2.60 bits per heavy atom. The maximum absolute atomic E-state index is 12.4. The normalized spacial score (nSPS) is 15.5. The van der Waals surface area contributed by atoms with E-state index in [9.17, 15) is 13.2 Å². The Morgan fingerprint density at radius 1 is 1.23 bits per heavy atom. The van der Waals surface area contributed by atoms with Crippen molar-refractivity contribution in [2.75, 3.05) is 40.8 Å². The van der Waals surface area contributed by atoms with E-state index < -0.39 is 12.7 Å². The maximum Gasteiger partial charge on any atom is 0.401 e. The van der Waals surface area contributed by atoms with Crippen molar-refractivity contribution in [1.29, 1.82) is 0 Å². The third-order valence-electron chi connectivity index (χ3n) is 5.00. The van der Waals surface area contributed by atoms with Crippen molar-refractivity contribution in [3.05, 3.63) is 23.8 Å². The van der Waals surface area contributed by atoms with Crippen LogP contribution in [-0.2, 0) is 6.54 Å². The van der Waals surface area contributed by atoms with E-state index in [1.165, 1.54) is 24.8 Å². The van der Waals surface area contributed by atoms with Gasteiger partial charge in [0.05, 0.1) is 19.8 Å². The first-order valence-corrected chi connectivity index (χ1v) is 10.3. The lowest BCUT2D eigenvalue weighted by Gasteiger charge is -2.20. The Bertz CT molecular complexity index is 677. The zero-order valence-electron chi connectivity index (χ0n) is 18.0. The van der Waals surface area contributed by atoms with Gasteiger partial charge in [0.1, 0.15) is 0 Å². The highest BCUT2D eigenvalue weighted by Gasteiger charge is 2.28. The van der Waals surface area contributed by atoms with Gasteiger partial charge in [-0.15, -0.1) is 0 Å². The van der Waals surface area contributed by atoms with Crippen LogP contribution >= 0.6 is 0 Å². The molecule has 1 aliphatic carbocycles. The molecule has 0 aliphatic heterocycles. The highest BCUT2D eigenvalue weighted by atomic mass is 19.4. The lowest BCUT2D eigenvalue weighted by Crippen LogP contribution is -2.39. The number of benzene rings is 1. The number of alkyl halides is 3. The summed E-state index contributed by atoms with van der Waals surface area (Å²) < 4.78 is 48.8. The fourth-order valence-corrected chi connectivity index (χ4v) is 3.51. The van der Waals surface area contributed by atoms with E-state index in [4.69, 9.17) is 9.47 Å². The number of para-hydroxylation sites is 1. The molecule has 0 unspecified atom stereocenters. The summed E-state index contributed by atoms with van der Waals surface area (Å²) in [7, 11) is 4.76. The summed E-state index contributed by atoms with van der Waals surface area (Å²) >= 11 is 0. The molecule has 170 valence electrons. The molecule has 0 atom stereocenters. The summed E-state index contributed by atoms with van der Waals surface area (Å²) in [5, 5.41) is 6.38. The minimum atomic E-state index is -4.17. The molecule has 30 heavy (non-hydrogen) atoms. The largest absolute Gasteiger partial charge is 0.493 e. The third-order valence-corrected chi connectivity index (χ3v) is 5.00. The molecule has 2 rings (SSSR count). The number of methoxy groups -OCH3 is 1. The number of ether oxygens (including phenoxy) is 2. The van der Waals surface area contributed by atoms with Gasteiger partial charge < -0.3 is 20.1 Å². The molecule has 2 N–H and O–H groups in total. The minimum absolute atomic E-state index is 0.214. The average molecular weight is 431 g/mol. The number of hydrogen-bond acceptors (Lipinski definition) is 4. The first-order valence-electron chi connectivity index (χ1n) is 10.3. The van der Waals surface area contributed by atoms with E-state index in [1.54, 1.807) is 14.2 Å². The monoisotopic (exact) mass is 430 g/mol. The predicted octanol–water partition coefficient (Wildman–Crippen LogP) is 3.57. The van der Waals surface area contributed by atoms with Gasteiger partial charge in [-0.1, -0.05) is 12.1 Å². The molecule has 1 saturated carbocycles. The smallest absolute Gasteiger partial charge is 0.401 e. The van der Waals surface area contributed by atoms with Crippen molar-refractivity contribution in [2.24, 2.45) is 4.99 Å². The van der Waals surface area contributed by atoms with Gasteiger partial charge in [0.15, 0.2) is 17.5 Å². The van der Waals surface area contributed by atoms with Gasteiger partial charge in [-0.2, -0.15) is 13.2 Å². The van der Waals surface area contributed by atoms with Crippen LogP contribution in [0.25, 0.3) is 0 Å². The summed E-state index contributed by atoms with van der Waals surface area (Å²) in [5.41, 5.74) is 0.967. The van der Waals surface area contributed by atoms with Crippen molar-refractivity contribution >= 4 is 5.96 Å². The molecular weight excluding hydrogens is 397 g/mol. The molecular formula is C21H33F3N4O2. The Hall–Kier alpha value is -2.16. The van der Waals surface area contributed by atoms with Crippen LogP contribution in [0.3, 0.4) is 0 Å². The lowest BCUT2D eigenvalue weighted by molar-refractivity contribution is -0.143. The van der Waals surface area contributed by atoms with Gasteiger partial charge in [-0.3, -0.25) is 9.89 Å². The van der Waals surface area contributed by atoms with Gasteiger partial charge in [0, 0.05) is 25.7 Å². The number of hydrogen-bond donors (Lipinski definition) is 2. The quantitative estimate of drug-likeness (QED) is 0.338. The van der Waals surface area contributed by atoms with Crippen LogP contribution in [-0.4, -0.2) is 64.0 Å². The number of nitrogens with zero attached hydrogens (tertiary/aromatic N) is 2. The minimum Gasteiger partial charge on any atom is -0.493 e. The van der Waals surface area contributed by atoms with Gasteiger partial charge in [0.25, 0.3) is 0 Å². The number of guanidine groups is 1. The van der Waals surface area contributed by atoms with Crippen LogP contribution < -0.4 is 20.1 Å². The second-order valence-corrected chi connectivity index (χ2v) is 7.53. The van der Waals surface area contributed by atoms with E-state index in [-0.39, 0.29) is 6.10 Å². The Kier molecular flexibility index (Phi) is 9.55. The summed E-state index contributed by atoms with van der Waals surface area (Å²) in [6.45, 7) is 0.455. The Labute approximate surface area is 176 Å². The van der Waals surface area contributed by atoms with Gasteiger partial charge in [0.2, 0.25) is 0 Å². The topological polar surface area (TPSA) is 58.1 Å². The van der Waals surface area contributed by atoms with Crippen LogP contribution in [0.4, 0.5) is 13.2 Å². The molecule has 0 heterocycles. The molecule has 9 heteroatoms. The van der Waals surface area contributed by atoms with Crippen LogP contribution in [0.1, 0.15) is 37.7 Å². The molecule has 0 radical (unpaired) electrons. The number of nitrogens with one attached hydrogen (secondary N) is 2. The summed E-state index contributed by atoms with van der Waals surface area (Å²) in [6, 6.07) is 5.79. The molecule has 1 fully saturated rings. The Morgan fingerprint density at radius 2 is 1.97 bits per heavy atom. The summed E-state index contributed by atoms with van der Waals surface area (Å²) in [5.74, 6) is 2.04. The number of aliphatic imine (C=N–C) groups is 1. The highest BCUT2D eigenvalue weighted by Crippen LogP contribution is 2.34. The van der Waals surface area contributed by atoms with E-state index in [0.717, 1.165) is 24.2 Å². The second-order valence-electron chi connectivity index (χ2n) is 7.53. The molecule has 1 aromatic rings. The van der Waals surface area contributed by atoms with Crippen molar-refractivity contribution in [1.82, 2.24) is 15.5 Å². The highest BCUT2D eigenvalue weighted by molar-refractivity contribution is 5.79. The van der Waals surface area contributed by atoms with Crippen molar-refractivity contribution in [3.8, 4) is 11.5 Å². The van der Waals surface area contributed by atoms with Crippen LogP contribution in [0.5, 0.6) is 11.5 Å². The Balaban J connectivity index is 1.84. The van der Waals surface area contributed by atoms with Crippen LogP contribution in [0.2, 0.25) is 0 Å².